The molecule has 2 heterocycles. The van der Waals surface area contributed by atoms with Gasteiger partial charge in [-0.15, -0.1) is 0 Å². The molecule has 3 rings (SSSR count). The van der Waals surface area contributed by atoms with Crippen molar-refractivity contribution < 1.29 is 27.6 Å². The Hall–Kier alpha value is -2.24. The molecule has 2 aliphatic heterocycles. The molecule has 11 heteroatoms. The van der Waals surface area contributed by atoms with Gasteiger partial charge in [-0.2, -0.15) is 4.31 Å². The molecule has 0 bridgehead atoms. The Kier molecular flexibility index (Phi) is 5.92. The first-order valence-electron chi connectivity index (χ1n) is 8.70. The van der Waals surface area contributed by atoms with Crippen molar-refractivity contribution in [2.45, 2.75) is 30.3 Å². The molecule has 1 atom stereocenters. The van der Waals surface area contributed by atoms with Gasteiger partial charge in [-0.1, -0.05) is 0 Å². The second-order valence-corrected chi connectivity index (χ2v) is 8.23. The third-order valence-electron chi connectivity index (χ3n) is 4.49. The van der Waals surface area contributed by atoms with Crippen LogP contribution in [0.4, 0.5) is 5.69 Å². The van der Waals surface area contributed by atoms with E-state index in [1.807, 2.05) is 0 Å². The molecule has 1 amide bonds. The minimum Gasteiger partial charge on any atom is -0.473 e. The van der Waals surface area contributed by atoms with Crippen molar-refractivity contribution in [3.8, 4) is 5.75 Å². The van der Waals surface area contributed by atoms with Crippen LogP contribution in [-0.2, 0) is 19.6 Å². The minimum absolute atomic E-state index is 0.122. The summed E-state index contributed by atoms with van der Waals surface area (Å²) in [5.74, 6) is -0.449. The molecule has 2 saturated heterocycles. The van der Waals surface area contributed by atoms with Crippen molar-refractivity contribution in [1.82, 2.24) is 9.62 Å². The minimum atomic E-state index is -3.87. The Bertz CT molecular complexity index is 821. The third kappa shape index (κ3) is 4.37. The number of benzene rings is 1. The number of nitrogens with one attached hydrogen (secondary N) is 1. The predicted octanol–water partition coefficient (Wildman–Crippen LogP) is 0.663. The number of amides is 1. The van der Waals surface area contributed by atoms with Crippen LogP contribution in [0.1, 0.15) is 19.3 Å². The molecule has 0 spiro atoms. The van der Waals surface area contributed by atoms with Gasteiger partial charge in [0.15, 0.2) is 11.9 Å². The fraction of sp³-hybridized carbons (Fsp3) is 0.562. The first kappa shape index (κ1) is 19.5. The van der Waals surface area contributed by atoms with Gasteiger partial charge in [0, 0.05) is 25.7 Å². The van der Waals surface area contributed by atoms with Crippen LogP contribution < -0.4 is 10.1 Å². The number of morpholine rings is 1. The van der Waals surface area contributed by atoms with Crippen LogP contribution in [0.15, 0.2) is 23.1 Å². The summed E-state index contributed by atoms with van der Waals surface area (Å²) in [6.45, 7) is 1.48. The first-order valence-corrected chi connectivity index (χ1v) is 10.1. The van der Waals surface area contributed by atoms with Crippen molar-refractivity contribution in [2.75, 3.05) is 32.8 Å². The zero-order valence-corrected chi connectivity index (χ0v) is 15.4. The van der Waals surface area contributed by atoms with Gasteiger partial charge in [-0.05, 0) is 31.4 Å². The van der Waals surface area contributed by atoms with Crippen LogP contribution in [0, 0.1) is 10.1 Å². The number of carbonyl (C=O) groups excluding carboxylic acids is 1. The fourth-order valence-electron chi connectivity index (χ4n) is 3.01. The Labute approximate surface area is 156 Å². The van der Waals surface area contributed by atoms with Crippen molar-refractivity contribution in [3.63, 3.8) is 0 Å². The molecule has 27 heavy (non-hydrogen) atoms. The summed E-state index contributed by atoms with van der Waals surface area (Å²) < 4.78 is 37.4. The number of nitro groups is 1. The summed E-state index contributed by atoms with van der Waals surface area (Å²) in [4.78, 5) is 22.6. The zero-order valence-electron chi connectivity index (χ0n) is 14.6. The van der Waals surface area contributed by atoms with Gasteiger partial charge in [0.1, 0.15) is 0 Å². The monoisotopic (exact) mass is 399 g/mol. The van der Waals surface area contributed by atoms with Gasteiger partial charge in [-0.3, -0.25) is 14.9 Å². The van der Waals surface area contributed by atoms with E-state index >= 15 is 0 Å². The molecule has 2 fully saturated rings. The number of carbonyl (C=O) groups is 1. The Morgan fingerprint density at radius 2 is 2.00 bits per heavy atom. The molecular formula is C16H21N3O7S. The number of hydrogen-bond donors (Lipinski definition) is 1. The molecule has 1 aromatic rings. The van der Waals surface area contributed by atoms with Crippen LogP contribution in [-0.4, -0.2) is 62.5 Å². The third-order valence-corrected chi connectivity index (χ3v) is 6.38. The van der Waals surface area contributed by atoms with Crippen LogP contribution in [0.3, 0.4) is 0 Å². The van der Waals surface area contributed by atoms with E-state index in [-0.39, 0.29) is 42.9 Å². The molecule has 0 aliphatic carbocycles. The second-order valence-electron chi connectivity index (χ2n) is 6.30. The summed E-state index contributed by atoms with van der Waals surface area (Å²) in [5.41, 5.74) is -0.485. The maximum Gasteiger partial charge on any atom is 0.312 e. The van der Waals surface area contributed by atoms with Crippen LogP contribution in [0.25, 0.3) is 0 Å². The summed E-state index contributed by atoms with van der Waals surface area (Å²) in [5, 5.41) is 14.2. The van der Waals surface area contributed by atoms with E-state index in [1.54, 1.807) is 0 Å². The lowest BCUT2D eigenvalue weighted by Gasteiger charge is -2.26. The van der Waals surface area contributed by atoms with Crippen molar-refractivity contribution in [2.24, 2.45) is 0 Å². The molecular weight excluding hydrogens is 378 g/mol. The predicted molar refractivity (Wildman–Crippen MR) is 94.0 cm³/mol. The molecule has 148 valence electrons. The largest absolute Gasteiger partial charge is 0.473 e. The van der Waals surface area contributed by atoms with Gasteiger partial charge < -0.3 is 14.8 Å². The summed E-state index contributed by atoms with van der Waals surface area (Å²) in [7, 11) is -3.87. The number of nitrogens with zero attached hydrogens (tertiary/aromatic N) is 2. The van der Waals surface area contributed by atoms with Crippen molar-refractivity contribution >= 4 is 21.6 Å². The second kappa shape index (κ2) is 8.19. The van der Waals surface area contributed by atoms with Crippen LogP contribution >= 0.6 is 0 Å². The Morgan fingerprint density at radius 1 is 1.26 bits per heavy atom. The molecule has 1 aromatic carbocycles. The van der Waals surface area contributed by atoms with E-state index in [0.717, 1.165) is 18.9 Å². The highest BCUT2D eigenvalue weighted by atomic mass is 32.2. The van der Waals surface area contributed by atoms with Gasteiger partial charge in [0.25, 0.3) is 5.91 Å². The number of rotatable bonds is 5. The smallest absolute Gasteiger partial charge is 0.312 e. The average molecular weight is 399 g/mol. The maximum absolute atomic E-state index is 12.7. The molecule has 1 unspecified atom stereocenters. The van der Waals surface area contributed by atoms with Gasteiger partial charge in [-0.25, -0.2) is 8.42 Å². The standard InChI is InChI=1S/C16H21N3O7S/c20-16-15(3-1-2-6-17-16)26-14-5-4-12(11-13(14)19(21)22)27(23,24)18-7-9-25-10-8-18/h4-5,11,15H,1-3,6-10H2,(H,17,20). The molecule has 0 radical (unpaired) electrons. The van der Waals surface area contributed by atoms with Crippen molar-refractivity contribution in [3.05, 3.63) is 28.3 Å². The highest BCUT2D eigenvalue weighted by Gasteiger charge is 2.31. The molecule has 0 saturated carbocycles. The van der Waals surface area contributed by atoms with Crippen LogP contribution in [0.5, 0.6) is 5.75 Å². The lowest BCUT2D eigenvalue weighted by Crippen LogP contribution is -2.40. The number of hydrogen-bond acceptors (Lipinski definition) is 7. The van der Waals surface area contributed by atoms with E-state index in [4.69, 9.17) is 9.47 Å². The topological polar surface area (TPSA) is 128 Å². The zero-order chi connectivity index (χ0) is 19.4. The van der Waals surface area contributed by atoms with E-state index < -0.39 is 26.7 Å². The molecule has 2 aliphatic rings. The van der Waals surface area contributed by atoms with Gasteiger partial charge >= 0.3 is 5.69 Å². The fourth-order valence-corrected chi connectivity index (χ4v) is 4.44. The van der Waals surface area contributed by atoms with E-state index in [9.17, 15) is 23.3 Å². The molecule has 0 aromatic heterocycles. The van der Waals surface area contributed by atoms with E-state index in [2.05, 4.69) is 5.32 Å². The molecule has 1 N–H and O–H groups in total. The average Bonchev–Trinajstić information content (AvgIpc) is 2.87. The summed E-state index contributed by atoms with van der Waals surface area (Å²) in [6.07, 6.45) is 1.16. The van der Waals surface area contributed by atoms with Gasteiger partial charge in [0.05, 0.1) is 23.0 Å². The normalized spacial score (nSPS) is 21.9. The lowest BCUT2D eigenvalue weighted by molar-refractivity contribution is -0.386. The number of nitro benzene ring substituents is 1. The first-order chi connectivity index (χ1) is 12.9. The SMILES string of the molecule is O=C1NCCCCC1Oc1ccc(S(=O)(=O)N2CCOCC2)cc1[N+](=O)[O-]. The van der Waals surface area contributed by atoms with E-state index in [0.29, 0.717) is 13.0 Å². The Balaban J connectivity index is 1.88. The molecule has 10 nitrogen and oxygen atoms in total. The highest BCUT2D eigenvalue weighted by Crippen LogP contribution is 2.32. The number of ether oxygens (including phenoxy) is 2. The van der Waals surface area contributed by atoms with Gasteiger partial charge in [0.2, 0.25) is 10.0 Å². The van der Waals surface area contributed by atoms with Crippen LogP contribution in [0.2, 0.25) is 0 Å². The highest BCUT2D eigenvalue weighted by molar-refractivity contribution is 7.89. The number of sulfonamides is 1. The van der Waals surface area contributed by atoms with E-state index in [1.165, 1.54) is 16.4 Å². The maximum atomic E-state index is 12.7. The quantitative estimate of drug-likeness (QED) is 0.569. The summed E-state index contributed by atoms with van der Waals surface area (Å²) >= 11 is 0. The Morgan fingerprint density at radius 3 is 2.70 bits per heavy atom. The summed E-state index contributed by atoms with van der Waals surface area (Å²) in [6, 6.07) is 3.49. The lowest BCUT2D eigenvalue weighted by atomic mass is 10.2. The van der Waals surface area contributed by atoms with Crippen molar-refractivity contribution in [1.29, 1.82) is 0 Å².